The predicted octanol–water partition coefficient (Wildman–Crippen LogP) is 2.93. The molecule has 4 rings (SSSR count). The van der Waals surface area contributed by atoms with Crippen LogP contribution in [0.1, 0.15) is 41.9 Å². The molecule has 0 bridgehead atoms. The maximum absolute atomic E-state index is 13.0. The fourth-order valence-corrected chi connectivity index (χ4v) is 4.46. The van der Waals surface area contributed by atoms with Gasteiger partial charge in [-0.1, -0.05) is 17.7 Å². The van der Waals surface area contributed by atoms with E-state index in [1.54, 1.807) is 12.1 Å². The number of likely N-dealkylation sites (tertiary alicyclic amines) is 2. The number of benzene rings is 1. The quantitative estimate of drug-likeness (QED) is 0.812. The van der Waals surface area contributed by atoms with Crippen LogP contribution in [-0.4, -0.2) is 62.9 Å². The monoisotopic (exact) mass is 373 g/mol. The van der Waals surface area contributed by atoms with Crippen molar-refractivity contribution in [3.8, 4) is 5.69 Å². The number of rotatable bonds is 2. The molecular formula is C19H24ClN5O. The lowest BCUT2D eigenvalue weighted by atomic mass is 9.85. The van der Waals surface area contributed by atoms with Gasteiger partial charge in [-0.15, -0.1) is 5.10 Å². The molecule has 0 radical (unpaired) electrons. The van der Waals surface area contributed by atoms with Gasteiger partial charge in [0.15, 0.2) is 5.69 Å². The fraction of sp³-hybridized carbons (Fsp3) is 0.526. The van der Waals surface area contributed by atoms with E-state index < -0.39 is 0 Å². The van der Waals surface area contributed by atoms with Gasteiger partial charge in [-0.25, -0.2) is 0 Å². The summed E-state index contributed by atoms with van der Waals surface area (Å²) in [5.74, 6) is -0.0220. The molecule has 0 atom stereocenters. The minimum atomic E-state index is -0.0220. The molecule has 1 amide bonds. The Labute approximate surface area is 158 Å². The number of carbonyl (C=O) groups is 1. The Morgan fingerprint density at radius 2 is 1.92 bits per heavy atom. The van der Waals surface area contributed by atoms with Gasteiger partial charge in [-0.2, -0.15) is 9.90 Å². The van der Waals surface area contributed by atoms with Crippen LogP contribution in [0.2, 0.25) is 5.02 Å². The number of aromatic nitrogens is 3. The molecule has 26 heavy (non-hydrogen) atoms. The molecule has 1 aromatic carbocycles. The van der Waals surface area contributed by atoms with E-state index in [-0.39, 0.29) is 5.91 Å². The predicted molar refractivity (Wildman–Crippen MR) is 101 cm³/mol. The van der Waals surface area contributed by atoms with Gasteiger partial charge in [0, 0.05) is 23.7 Å². The molecule has 3 heterocycles. The maximum atomic E-state index is 13.0. The SMILES string of the molecule is Cc1nn(-c2cccc(Cl)c2)nc1C(=O)N1CCC2(CCCN2C)CC1. The summed E-state index contributed by atoms with van der Waals surface area (Å²) in [5, 5.41) is 9.48. The van der Waals surface area contributed by atoms with Crippen molar-refractivity contribution < 1.29 is 4.79 Å². The van der Waals surface area contributed by atoms with Gasteiger partial charge in [0.2, 0.25) is 0 Å². The average molecular weight is 374 g/mol. The lowest BCUT2D eigenvalue weighted by Crippen LogP contribution is -2.52. The smallest absolute Gasteiger partial charge is 0.276 e. The van der Waals surface area contributed by atoms with Gasteiger partial charge in [0.25, 0.3) is 5.91 Å². The van der Waals surface area contributed by atoms with E-state index in [2.05, 4.69) is 22.1 Å². The Morgan fingerprint density at radius 1 is 1.15 bits per heavy atom. The standard InChI is InChI=1S/C19H24ClN5O/c1-14-17(22-25(21-14)16-6-3-5-15(20)13-16)18(26)24-11-8-19(9-12-24)7-4-10-23(19)2/h3,5-6,13H,4,7-12H2,1-2H3. The molecule has 7 heteroatoms. The maximum Gasteiger partial charge on any atom is 0.276 e. The third-order valence-electron chi connectivity index (χ3n) is 5.95. The summed E-state index contributed by atoms with van der Waals surface area (Å²) in [6.45, 7) is 4.57. The highest BCUT2D eigenvalue weighted by Crippen LogP contribution is 2.37. The zero-order chi connectivity index (χ0) is 18.3. The molecule has 0 aliphatic carbocycles. The van der Waals surface area contributed by atoms with Gasteiger partial charge in [0.05, 0.1) is 11.4 Å². The van der Waals surface area contributed by atoms with E-state index in [1.807, 2.05) is 24.0 Å². The first kappa shape index (κ1) is 17.5. The van der Waals surface area contributed by atoms with Crippen molar-refractivity contribution in [3.63, 3.8) is 0 Å². The Bertz CT molecular complexity index is 825. The van der Waals surface area contributed by atoms with Crippen molar-refractivity contribution in [3.05, 3.63) is 40.7 Å². The van der Waals surface area contributed by atoms with Crippen LogP contribution >= 0.6 is 11.6 Å². The molecule has 0 saturated carbocycles. The molecule has 2 fully saturated rings. The number of hydrogen-bond donors (Lipinski definition) is 0. The van der Waals surface area contributed by atoms with E-state index >= 15 is 0 Å². The third-order valence-corrected chi connectivity index (χ3v) is 6.19. The molecule has 1 spiro atoms. The van der Waals surface area contributed by atoms with Crippen LogP contribution in [0.4, 0.5) is 0 Å². The highest BCUT2D eigenvalue weighted by atomic mass is 35.5. The van der Waals surface area contributed by atoms with Crippen molar-refractivity contribution in [2.45, 2.75) is 38.1 Å². The molecule has 2 aliphatic heterocycles. The summed E-state index contributed by atoms with van der Waals surface area (Å²) in [5.41, 5.74) is 2.13. The van der Waals surface area contributed by atoms with E-state index in [1.165, 1.54) is 24.2 Å². The summed E-state index contributed by atoms with van der Waals surface area (Å²) in [7, 11) is 2.21. The number of hydrogen-bond acceptors (Lipinski definition) is 4. The van der Waals surface area contributed by atoms with E-state index in [0.717, 1.165) is 31.6 Å². The minimum absolute atomic E-state index is 0.0220. The normalized spacial score (nSPS) is 20.0. The van der Waals surface area contributed by atoms with Gasteiger partial charge in [-0.05, 0) is 64.4 Å². The van der Waals surface area contributed by atoms with Crippen LogP contribution < -0.4 is 0 Å². The lowest BCUT2D eigenvalue weighted by Gasteiger charge is -2.43. The summed E-state index contributed by atoms with van der Waals surface area (Å²) in [6.07, 6.45) is 4.58. The molecule has 1 aromatic heterocycles. The zero-order valence-electron chi connectivity index (χ0n) is 15.3. The van der Waals surface area contributed by atoms with Crippen molar-refractivity contribution in [1.82, 2.24) is 24.8 Å². The summed E-state index contributed by atoms with van der Waals surface area (Å²) in [6, 6.07) is 7.31. The number of aryl methyl sites for hydroxylation is 1. The first-order valence-electron chi connectivity index (χ1n) is 9.19. The van der Waals surface area contributed by atoms with Crippen molar-refractivity contribution in [2.24, 2.45) is 0 Å². The van der Waals surface area contributed by atoms with Crippen LogP contribution in [0, 0.1) is 6.92 Å². The number of carbonyl (C=O) groups excluding carboxylic acids is 1. The van der Waals surface area contributed by atoms with Crippen LogP contribution in [0.5, 0.6) is 0 Å². The number of piperidine rings is 1. The Kier molecular flexibility index (Phi) is 4.49. The second kappa shape index (κ2) is 6.67. The second-order valence-electron chi connectivity index (χ2n) is 7.44. The molecule has 0 N–H and O–H groups in total. The Hall–Kier alpha value is -1.92. The fourth-order valence-electron chi connectivity index (χ4n) is 4.27. The molecule has 2 saturated heterocycles. The van der Waals surface area contributed by atoms with E-state index in [4.69, 9.17) is 11.6 Å². The summed E-state index contributed by atoms with van der Waals surface area (Å²) < 4.78 is 0. The van der Waals surface area contributed by atoms with Crippen LogP contribution in [0.25, 0.3) is 5.69 Å². The summed E-state index contributed by atoms with van der Waals surface area (Å²) >= 11 is 6.05. The highest BCUT2D eigenvalue weighted by molar-refractivity contribution is 6.30. The third kappa shape index (κ3) is 3.01. The van der Waals surface area contributed by atoms with Crippen molar-refractivity contribution in [1.29, 1.82) is 0 Å². The molecule has 138 valence electrons. The highest BCUT2D eigenvalue weighted by Gasteiger charge is 2.42. The molecular weight excluding hydrogens is 350 g/mol. The average Bonchev–Trinajstić information content (AvgIpc) is 3.19. The topological polar surface area (TPSA) is 54.3 Å². The number of nitrogens with zero attached hydrogens (tertiary/aromatic N) is 5. The molecule has 2 aromatic rings. The molecule has 2 aliphatic rings. The first-order chi connectivity index (χ1) is 12.5. The van der Waals surface area contributed by atoms with Crippen molar-refractivity contribution >= 4 is 17.5 Å². The van der Waals surface area contributed by atoms with Crippen LogP contribution in [0.3, 0.4) is 0 Å². The number of halogens is 1. The number of amides is 1. The van der Waals surface area contributed by atoms with Crippen LogP contribution in [0.15, 0.2) is 24.3 Å². The summed E-state index contributed by atoms with van der Waals surface area (Å²) in [4.78, 5) is 18.9. The van der Waals surface area contributed by atoms with E-state index in [0.29, 0.717) is 21.9 Å². The van der Waals surface area contributed by atoms with Gasteiger partial charge in [0.1, 0.15) is 0 Å². The van der Waals surface area contributed by atoms with Gasteiger partial charge in [-0.3, -0.25) is 4.79 Å². The largest absolute Gasteiger partial charge is 0.337 e. The first-order valence-corrected chi connectivity index (χ1v) is 9.57. The lowest BCUT2D eigenvalue weighted by molar-refractivity contribution is 0.0487. The minimum Gasteiger partial charge on any atom is -0.337 e. The Balaban J connectivity index is 1.51. The van der Waals surface area contributed by atoms with Gasteiger partial charge < -0.3 is 9.80 Å². The van der Waals surface area contributed by atoms with E-state index in [9.17, 15) is 4.79 Å². The van der Waals surface area contributed by atoms with Gasteiger partial charge >= 0.3 is 0 Å². The molecule has 0 unspecified atom stereocenters. The van der Waals surface area contributed by atoms with Crippen molar-refractivity contribution in [2.75, 3.05) is 26.7 Å². The second-order valence-corrected chi connectivity index (χ2v) is 7.88. The van der Waals surface area contributed by atoms with Crippen LogP contribution in [-0.2, 0) is 0 Å². The Morgan fingerprint density at radius 3 is 2.58 bits per heavy atom. The zero-order valence-corrected chi connectivity index (χ0v) is 16.0. The molecule has 6 nitrogen and oxygen atoms in total.